The topological polar surface area (TPSA) is 46.2 Å². The first-order chi connectivity index (χ1) is 7.39. The van der Waals surface area contributed by atoms with Crippen LogP contribution in [0.5, 0.6) is 0 Å². The molecule has 0 saturated heterocycles. The lowest BCUT2D eigenvalue weighted by Crippen LogP contribution is -2.48. The smallest absolute Gasteiger partial charge is 0.380 e. The molecule has 3 N–H and O–H groups in total. The van der Waals surface area contributed by atoms with E-state index >= 15 is 0 Å². The van der Waals surface area contributed by atoms with Gasteiger partial charge in [-0.05, 0) is 38.1 Å². The first kappa shape index (κ1) is 13.8. The van der Waals surface area contributed by atoms with E-state index in [9.17, 15) is 18.3 Å². The Morgan fingerprint density at radius 3 is 2.56 bits per heavy atom. The largest absolute Gasteiger partial charge is 0.417 e. The van der Waals surface area contributed by atoms with Crippen LogP contribution in [0.2, 0.25) is 0 Å². The van der Waals surface area contributed by atoms with E-state index in [4.69, 9.17) is 5.73 Å². The average molecular weight is 239 g/mol. The van der Waals surface area contributed by atoms with Gasteiger partial charge in [-0.2, -0.15) is 13.2 Å². The zero-order chi connectivity index (χ0) is 12.2. The lowest BCUT2D eigenvalue weighted by atomic mass is 9.76. The molecule has 16 heavy (non-hydrogen) atoms. The highest BCUT2D eigenvalue weighted by atomic mass is 19.4. The van der Waals surface area contributed by atoms with Crippen molar-refractivity contribution in [2.45, 2.75) is 56.7 Å². The molecule has 1 aliphatic carbocycles. The summed E-state index contributed by atoms with van der Waals surface area (Å²) in [5, 5.41) is 9.59. The molecule has 0 spiro atoms. The normalized spacial score (nSPS) is 31.7. The third-order valence-electron chi connectivity index (χ3n) is 3.42. The number of rotatable bonds is 4. The van der Waals surface area contributed by atoms with Crippen molar-refractivity contribution in [3.63, 3.8) is 0 Å². The van der Waals surface area contributed by atoms with Crippen LogP contribution in [0.3, 0.4) is 0 Å². The molecule has 1 rings (SSSR count). The second-order valence-corrected chi connectivity index (χ2v) is 4.78. The van der Waals surface area contributed by atoms with Crippen molar-refractivity contribution in [1.29, 1.82) is 0 Å². The Hall–Kier alpha value is -0.290. The number of hydrogen-bond donors (Lipinski definition) is 2. The van der Waals surface area contributed by atoms with Crippen molar-refractivity contribution in [3.8, 4) is 0 Å². The van der Waals surface area contributed by atoms with E-state index in [1.807, 2.05) is 0 Å². The number of unbranched alkanes of at least 4 members (excludes halogenated alkanes) is 1. The van der Waals surface area contributed by atoms with Crippen molar-refractivity contribution < 1.29 is 18.3 Å². The van der Waals surface area contributed by atoms with E-state index in [1.54, 1.807) is 0 Å². The molecule has 0 aromatic carbocycles. The first-order valence-corrected chi connectivity index (χ1v) is 5.88. The third kappa shape index (κ3) is 3.35. The summed E-state index contributed by atoms with van der Waals surface area (Å²) in [5.74, 6) is -0.00748. The average Bonchev–Trinajstić information content (AvgIpc) is 2.17. The fraction of sp³-hybridized carbons (Fsp3) is 1.00. The predicted molar refractivity (Wildman–Crippen MR) is 55.9 cm³/mol. The lowest BCUT2D eigenvalue weighted by Gasteiger charge is -2.38. The van der Waals surface area contributed by atoms with Crippen LogP contribution < -0.4 is 5.73 Å². The molecule has 0 aromatic heterocycles. The van der Waals surface area contributed by atoms with E-state index in [0.717, 1.165) is 25.7 Å². The monoisotopic (exact) mass is 239 g/mol. The maximum Gasteiger partial charge on any atom is 0.417 e. The van der Waals surface area contributed by atoms with E-state index in [-0.39, 0.29) is 18.8 Å². The Morgan fingerprint density at radius 1 is 1.31 bits per heavy atom. The molecule has 0 amide bonds. The molecule has 0 aromatic rings. The molecule has 1 fully saturated rings. The Kier molecular flexibility index (Phi) is 4.62. The van der Waals surface area contributed by atoms with Gasteiger partial charge in [0.2, 0.25) is 0 Å². The summed E-state index contributed by atoms with van der Waals surface area (Å²) < 4.78 is 37.9. The molecule has 0 radical (unpaired) electrons. The number of alkyl halides is 3. The van der Waals surface area contributed by atoms with Crippen LogP contribution in [-0.2, 0) is 0 Å². The molecule has 2 atom stereocenters. The molecule has 2 nitrogen and oxygen atoms in total. The minimum atomic E-state index is -4.49. The minimum absolute atomic E-state index is 0.00748. The Morgan fingerprint density at radius 2 is 2.00 bits per heavy atom. The van der Waals surface area contributed by atoms with Gasteiger partial charge in [0.15, 0.2) is 5.60 Å². The van der Waals surface area contributed by atoms with Crippen LogP contribution in [0, 0.1) is 5.92 Å². The van der Waals surface area contributed by atoms with Gasteiger partial charge in [-0.1, -0.05) is 19.3 Å². The van der Waals surface area contributed by atoms with E-state index in [2.05, 4.69) is 0 Å². The summed E-state index contributed by atoms with van der Waals surface area (Å²) in [6.45, 7) is 0.580. The second-order valence-electron chi connectivity index (χ2n) is 4.78. The van der Waals surface area contributed by atoms with E-state index in [0.29, 0.717) is 13.0 Å². The first-order valence-electron chi connectivity index (χ1n) is 5.88. The Bertz CT molecular complexity index is 220. The molecular formula is C11H20F3NO. The highest BCUT2D eigenvalue weighted by Crippen LogP contribution is 2.44. The minimum Gasteiger partial charge on any atom is -0.380 e. The summed E-state index contributed by atoms with van der Waals surface area (Å²) in [6.07, 6.45) is -1.07. The lowest BCUT2D eigenvalue weighted by molar-refractivity contribution is -0.274. The van der Waals surface area contributed by atoms with Crippen LogP contribution in [0.15, 0.2) is 0 Å². The maximum atomic E-state index is 12.6. The molecule has 2 unspecified atom stereocenters. The van der Waals surface area contributed by atoms with Gasteiger partial charge in [0.25, 0.3) is 0 Å². The van der Waals surface area contributed by atoms with Crippen molar-refractivity contribution >= 4 is 0 Å². The van der Waals surface area contributed by atoms with Crippen LogP contribution in [0.4, 0.5) is 13.2 Å². The van der Waals surface area contributed by atoms with Gasteiger partial charge in [0.1, 0.15) is 0 Å². The molecule has 0 aliphatic heterocycles. The van der Waals surface area contributed by atoms with Crippen molar-refractivity contribution in [2.24, 2.45) is 11.7 Å². The fourth-order valence-electron chi connectivity index (χ4n) is 2.45. The summed E-state index contributed by atoms with van der Waals surface area (Å²) in [7, 11) is 0. The van der Waals surface area contributed by atoms with Gasteiger partial charge in [-0.3, -0.25) is 0 Å². The molecule has 1 aliphatic rings. The maximum absolute atomic E-state index is 12.6. The van der Waals surface area contributed by atoms with E-state index < -0.39 is 11.8 Å². The Labute approximate surface area is 94.0 Å². The fourth-order valence-corrected chi connectivity index (χ4v) is 2.45. The van der Waals surface area contributed by atoms with Crippen LogP contribution in [0.1, 0.15) is 44.9 Å². The van der Waals surface area contributed by atoms with E-state index in [1.165, 1.54) is 0 Å². The highest BCUT2D eigenvalue weighted by Gasteiger charge is 2.55. The van der Waals surface area contributed by atoms with Crippen LogP contribution in [-0.4, -0.2) is 23.4 Å². The second kappa shape index (κ2) is 5.36. The van der Waals surface area contributed by atoms with Gasteiger partial charge in [0, 0.05) is 0 Å². The van der Waals surface area contributed by atoms with Crippen molar-refractivity contribution in [1.82, 2.24) is 0 Å². The highest BCUT2D eigenvalue weighted by molar-refractivity contribution is 4.92. The number of hydrogen-bond acceptors (Lipinski definition) is 2. The zero-order valence-corrected chi connectivity index (χ0v) is 9.39. The number of halogens is 3. The quantitative estimate of drug-likeness (QED) is 0.741. The van der Waals surface area contributed by atoms with Gasteiger partial charge >= 0.3 is 6.18 Å². The summed E-state index contributed by atoms with van der Waals surface area (Å²) in [6, 6.07) is 0. The molecule has 0 heterocycles. The third-order valence-corrected chi connectivity index (χ3v) is 3.42. The number of aliphatic hydroxyl groups is 1. The Balaban J connectivity index is 2.46. The van der Waals surface area contributed by atoms with Crippen molar-refractivity contribution in [2.75, 3.05) is 6.54 Å². The zero-order valence-electron chi connectivity index (χ0n) is 9.39. The summed E-state index contributed by atoms with van der Waals surface area (Å²) in [5.41, 5.74) is 2.89. The molecule has 96 valence electrons. The van der Waals surface area contributed by atoms with Gasteiger partial charge in [-0.25, -0.2) is 0 Å². The molecule has 5 heteroatoms. The summed E-state index contributed by atoms with van der Waals surface area (Å²) in [4.78, 5) is 0. The van der Waals surface area contributed by atoms with Crippen LogP contribution in [0.25, 0.3) is 0 Å². The van der Waals surface area contributed by atoms with Gasteiger partial charge in [-0.15, -0.1) is 0 Å². The van der Waals surface area contributed by atoms with Crippen molar-refractivity contribution in [3.05, 3.63) is 0 Å². The molecular weight excluding hydrogens is 219 g/mol. The van der Waals surface area contributed by atoms with Gasteiger partial charge in [0.05, 0.1) is 0 Å². The number of nitrogens with two attached hydrogens (primary N) is 1. The molecule has 1 saturated carbocycles. The SMILES string of the molecule is NCCCCC1CCCC(O)(C(F)(F)F)C1. The van der Waals surface area contributed by atoms with Crippen LogP contribution >= 0.6 is 0 Å². The molecule has 0 bridgehead atoms. The standard InChI is InChI=1S/C11H20F3NO/c12-11(13,14)10(16)6-3-5-9(8-10)4-1-2-7-15/h9,16H,1-8,15H2. The van der Waals surface area contributed by atoms with Gasteiger partial charge < -0.3 is 10.8 Å². The predicted octanol–water partition coefficient (Wildman–Crippen LogP) is 2.60. The summed E-state index contributed by atoms with van der Waals surface area (Å²) >= 11 is 0.